The van der Waals surface area contributed by atoms with Gasteiger partial charge >= 0.3 is 11.7 Å². The number of aryl methyl sites for hydroxylation is 2. The number of benzene rings is 1. The topological polar surface area (TPSA) is 89.9 Å². The summed E-state index contributed by atoms with van der Waals surface area (Å²) in [7, 11) is 0. The van der Waals surface area contributed by atoms with E-state index in [1.165, 1.54) is 0 Å². The standard InChI is InChI=1S/C27H28N4O4.C5H12.C2H6/c1-16-14-31-15-22(29-24(31)17(2)28-16)21-12-20-7-6-19(13-23(20)34-25(21)32)18-8-10-30(11-9-18)26(33)35-27(3,4)5;1-5(2,3)4;1-2/h6-8,12-15H,9-11H2,1-5H3;1-4H3;1-2H3. The number of hydrogen-bond donors (Lipinski definition) is 0. The zero-order chi connectivity index (χ0) is 31.4. The minimum Gasteiger partial charge on any atom is -0.444 e. The van der Waals surface area contributed by atoms with Crippen molar-refractivity contribution in [3.05, 3.63) is 70.1 Å². The number of fused-ring (bicyclic) bond motifs is 2. The third-order valence-corrected chi connectivity index (χ3v) is 5.97. The Morgan fingerprint density at radius 1 is 0.976 bits per heavy atom. The zero-order valence-corrected chi connectivity index (χ0v) is 27.1. The Morgan fingerprint density at radius 3 is 2.24 bits per heavy atom. The zero-order valence-electron chi connectivity index (χ0n) is 27.1. The number of hydrogen-bond acceptors (Lipinski definition) is 6. The molecule has 1 aromatic carbocycles. The van der Waals surface area contributed by atoms with E-state index in [0.717, 1.165) is 27.9 Å². The third kappa shape index (κ3) is 8.54. The summed E-state index contributed by atoms with van der Waals surface area (Å²) in [5.74, 6) is 0. The number of amides is 1. The normalized spacial score (nSPS) is 13.6. The number of carbonyl (C=O) groups excluding carboxylic acids is 1. The van der Waals surface area contributed by atoms with Crippen molar-refractivity contribution in [2.24, 2.45) is 5.41 Å². The summed E-state index contributed by atoms with van der Waals surface area (Å²) in [5, 5.41) is 0.818. The molecule has 0 aliphatic carbocycles. The Morgan fingerprint density at radius 2 is 1.64 bits per heavy atom. The van der Waals surface area contributed by atoms with Crippen LogP contribution < -0.4 is 5.63 Å². The predicted octanol–water partition coefficient (Wildman–Crippen LogP) is 8.22. The monoisotopic (exact) mass is 574 g/mol. The molecule has 226 valence electrons. The molecule has 8 heteroatoms. The molecule has 1 amide bonds. The van der Waals surface area contributed by atoms with E-state index < -0.39 is 11.2 Å². The van der Waals surface area contributed by atoms with Crippen LogP contribution in [0.4, 0.5) is 4.79 Å². The Kier molecular flexibility index (Phi) is 10.0. The maximum atomic E-state index is 12.9. The van der Waals surface area contributed by atoms with E-state index in [-0.39, 0.29) is 6.09 Å². The Labute approximate surface area is 249 Å². The van der Waals surface area contributed by atoms with E-state index in [1.54, 1.807) is 4.90 Å². The quantitative estimate of drug-likeness (QED) is 0.224. The van der Waals surface area contributed by atoms with Gasteiger partial charge in [0.25, 0.3) is 0 Å². The first kappa shape index (κ1) is 32.6. The highest BCUT2D eigenvalue weighted by molar-refractivity contribution is 5.85. The van der Waals surface area contributed by atoms with Gasteiger partial charge in [0, 0.05) is 30.9 Å². The fourth-order valence-corrected chi connectivity index (χ4v) is 4.35. The summed E-state index contributed by atoms with van der Waals surface area (Å²) >= 11 is 0. The minimum atomic E-state index is -0.520. The van der Waals surface area contributed by atoms with Gasteiger partial charge < -0.3 is 18.5 Å². The number of carbonyl (C=O) groups is 1. The van der Waals surface area contributed by atoms with E-state index in [0.29, 0.717) is 47.4 Å². The van der Waals surface area contributed by atoms with Crippen LogP contribution in [0.2, 0.25) is 0 Å². The Bertz CT molecular complexity index is 1640. The highest BCUT2D eigenvalue weighted by atomic mass is 16.6. The van der Waals surface area contributed by atoms with Crippen LogP contribution in [0.5, 0.6) is 0 Å². The van der Waals surface area contributed by atoms with Crippen molar-refractivity contribution in [3.63, 3.8) is 0 Å². The molecular formula is C34H46N4O4. The van der Waals surface area contributed by atoms with Gasteiger partial charge in [0.2, 0.25) is 0 Å². The summed E-state index contributed by atoms with van der Waals surface area (Å²) in [6, 6.07) is 7.67. The molecule has 0 saturated heterocycles. The fourth-order valence-electron chi connectivity index (χ4n) is 4.35. The average Bonchev–Trinajstić information content (AvgIpc) is 3.31. The van der Waals surface area contributed by atoms with E-state index in [2.05, 4.69) is 37.7 Å². The van der Waals surface area contributed by atoms with Crippen LogP contribution in [0.1, 0.15) is 85.7 Å². The van der Waals surface area contributed by atoms with Gasteiger partial charge in [0.05, 0.1) is 22.6 Å². The number of imidazole rings is 1. The lowest BCUT2D eigenvalue weighted by molar-refractivity contribution is 0.0270. The molecule has 4 aromatic rings. The molecule has 4 heterocycles. The van der Waals surface area contributed by atoms with Gasteiger partial charge in [-0.2, -0.15) is 0 Å². The molecule has 0 bridgehead atoms. The van der Waals surface area contributed by atoms with Crippen molar-refractivity contribution < 1.29 is 13.9 Å². The van der Waals surface area contributed by atoms with Gasteiger partial charge in [0.1, 0.15) is 11.2 Å². The largest absolute Gasteiger partial charge is 0.444 e. The maximum Gasteiger partial charge on any atom is 0.410 e. The van der Waals surface area contributed by atoms with Gasteiger partial charge in [-0.05, 0) is 69.7 Å². The molecule has 0 radical (unpaired) electrons. The lowest BCUT2D eigenvalue weighted by Gasteiger charge is -2.29. The highest BCUT2D eigenvalue weighted by Crippen LogP contribution is 2.28. The molecule has 1 aliphatic heterocycles. The summed E-state index contributed by atoms with van der Waals surface area (Å²) in [4.78, 5) is 36.0. The number of rotatable bonds is 2. The lowest BCUT2D eigenvalue weighted by atomic mass is 9.98. The first-order valence-corrected chi connectivity index (χ1v) is 14.7. The van der Waals surface area contributed by atoms with Crippen LogP contribution in [0.15, 0.2) is 51.9 Å². The maximum absolute atomic E-state index is 12.9. The summed E-state index contributed by atoms with van der Waals surface area (Å²) in [6.07, 6.45) is 6.12. The molecule has 0 fully saturated rings. The van der Waals surface area contributed by atoms with Crippen molar-refractivity contribution >= 4 is 28.3 Å². The molecule has 1 aliphatic rings. The van der Waals surface area contributed by atoms with E-state index >= 15 is 0 Å². The molecule has 42 heavy (non-hydrogen) atoms. The fraction of sp³-hybridized carbons (Fsp3) is 0.471. The number of aromatic nitrogens is 3. The SMILES string of the molecule is CC.CC(C)(C)C.Cc1cn2cc(-c3cc4ccc(C5=CCN(C(=O)OC(C)(C)C)CC5)cc4oc3=O)nc2c(C)n1. The van der Waals surface area contributed by atoms with Gasteiger partial charge in [-0.3, -0.25) is 4.98 Å². The molecule has 0 spiro atoms. The second kappa shape index (κ2) is 12.9. The predicted molar refractivity (Wildman–Crippen MR) is 171 cm³/mol. The first-order chi connectivity index (χ1) is 19.6. The van der Waals surface area contributed by atoms with Crippen molar-refractivity contribution in [2.45, 2.75) is 88.2 Å². The number of ether oxygens (including phenoxy) is 1. The summed E-state index contributed by atoms with van der Waals surface area (Å²) in [6.45, 7) is 23.2. The van der Waals surface area contributed by atoms with Crippen LogP contribution >= 0.6 is 0 Å². The molecule has 0 saturated carbocycles. The highest BCUT2D eigenvalue weighted by Gasteiger charge is 2.24. The average molecular weight is 575 g/mol. The molecule has 0 atom stereocenters. The molecule has 0 unspecified atom stereocenters. The third-order valence-electron chi connectivity index (χ3n) is 5.97. The smallest absolute Gasteiger partial charge is 0.410 e. The van der Waals surface area contributed by atoms with Gasteiger partial charge in [-0.25, -0.2) is 14.6 Å². The van der Waals surface area contributed by atoms with Crippen LogP contribution in [-0.4, -0.2) is 44.1 Å². The Hall–Kier alpha value is -3.94. The molecule has 3 aromatic heterocycles. The second-order valence-electron chi connectivity index (χ2n) is 12.9. The molecule has 8 nitrogen and oxygen atoms in total. The molecule has 5 rings (SSSR count). The molecular weight excluding hydrogens is 528 g/mol. The van der Waals surface area contributed by atoms with Gasteiger partial charge in [-0.1, -0.05) is 59.8 Å². The summed E-state index contributed by atoms with van der Waals surface area (Å²) in [5.41, 5.74) is 5.50. The minimum absolute atomic E-state index is 0.307. The van der Waals surface area contributed by atoms with Crippen LogP contribution in [0, 0.1) is 19.3 Å². The molecule has 0 N–H and O–H groups in total. The van der Waals surface area contributed by atoms with Crippen molar-refractivity contribution in [1.29, 1.82) is 0 Å². The second-order valence-corrected chi connectivity index (χ2v) is 12.9. The van der Waals surface area contributed by atoms with Crippen LogP contribution in [0.25, 0.3) is 33.4 Å². The van der Waals surface area contributed by atoms with Gasteiger partial charge in [-0.15, -0.1) is 0 Å². The first-order valence-electron chi connectivity index (χ1n) is 14.7. The van der Waals surface area contributed by atoms with Crippen LogP contribution in [0.3, 0.4) is 0 Å². The lowest BCUT2D eigenvalue weighted by Crippen LogP contribution is -2.39. The van der Waals surface area contributed by atoms with Gasteiger partial charge in [0.15, 0.2) is 5.65 Å². The summed E-state index contributed by atoms with van der Waals surface area (Å²) < 4.78 is 13.1. The van der Waals surface area contributed by atoms with Crippen molar-refractivity contribution in [2.75, 3.05) is 13.1 Å². The Balaban J connectivity index is 0.000000627. The number of nitrogens with zero attached hydrogens (tertiary/aromatic N) is 4. The van der Waals surface area contributed by atoms with Crippen molar-refractivity contribution in [1.82, 2.24) is 19.3 Å². The van der Waals surface area contributed by atoms with E-state index in [4.69, 9.17) is 9.15 Å². The van der Waals surface area contributed by atoms with Crippen LogP contribution in [-0.2, 0) is 4.74 Å². The van der Waals surface area contributed by atoms with E-state index in [1.807, 2.05) is 95.6 Å². The van der Waals surface area contributed by atoms with E-state index in [9.17, 15) is 9.59 Å². The van der Waals surface area contributed by atoms with Crippen molar-refractivity contribution in [3.8, 4) is 11.3 Å².